The number of aryl methyl sites for hydroxylation is 2. The normalized spacial score (nSPS) is 11.0. The van der Waals surface area contributed by atoms with Gasteiger partial charge in [0.25, 0.3) is 12.3 Å². The fourth-order valence-corrected chi connectivity index (χ4v) is 1.89. The van der Waals surface area contributed by atoms with E-state index in [1.165, 1.54) is 4.68 Å². The minimum absolute atomic E-state index is 0.1000. The molecule has 0 atom stereocenters. The summed E-state index contributed by atoms with van der Waals surface area (Å²) in [6.07, 6.45) is -0.446. The predicted molar refractivity (Wildman–Crippen MR) is 65.2 cm³/mol. The van der Waals surface area contributed by atoms with Crippen molar-refractivity contribution in [3.05, 3.63) is 17.5 Å². The number of aromatic nitrogens is 2. The lowest BCUT2D eigenvalue weighted by molar-refractivity contribution is 0.0570. The number of carbonyl (C=O) groups is 1. The molecule has 4 nitrogen and oxygen atoms in total. The standard InChI is InChI=1S/C11H16ClF2N3O/c1-3-9-8(6-16(2)15-9)11(18)17(5-4-12)7-10(13)14/h6,10H,3-5,7H2,1-2H3. The van der Waals surface area contributed by atoms with Gasteiger partial charge in [0.2, 0.25) is 0 Å². The molecule has 0 saturated carbocycles. The Morgan fingerprint density at radius 3 is 2.78 bits per heavy atom. The van der Waals surface area contributed by atoms with E-state index in [4.69, 9.17) is 11.6 Å². The van der Waals surface area contributed by atoms with Gasteiger partial charge in [-0.1, -0.05) is 6.92 Å². The minimum atomic E-state index is -2.57. The molecule has 0 aliphatic rings. The predicted octanol–water partition coefficient (Wildman–Crippen LogP) is 1.93. The molecule has 0 radical (unpaired) electrons. The second-order valence-corrected chi connectivity index (χ2v) is 4.23. The van der Waals surface area contributed by atoms with Gasteiger partial charge in [-0.2, -0.15) is 5.10 Å². The smallest absolute Gasteiger partial charge is 0.257 e. The highest BCUT2D eigenvalue weighted by Gasteiger charge is 2.23. The van der Waals surface area contributed by atoms with E-state index in [2.05, 4.69) is 5.10 Å². The van der Waals surface area contributed by atoms with E-state index in [0.29, 0.717) is 17.7 Å². The topological polar surface area (TPSA) is 38.1 Å². The van der Waals surface area contributed by atoms with Gasteiger partial charge >= 0.3 is 0 Å². The molecule has 0 fully saturated rings. The fraction of sp³-hybridized carbons (Fsp3) is 0.636. The van der Waals surface area contributed by atoms with Crippen LogP contribution < -0.4 is 0 Å². The highest BCUT2D eigenvalue weighted by atomic mass is 35.5. The van der Waals surface area contributed by atoms with E-state index < -0.39 is 18.9 Å². The monoisotopic (exact) mass is 279 g/mol. The first-order valence-corrected chi connectivity index (χ1v) is 6.19. The first-order chi connectivity index (χ1) is 8.49. The second kappa shape index (κ2) is 6.68. The van der Waals surface area contributed by atoms with Crippen molar-refractivity contribution in [1.29, 1.82) is 0 Å². The number of rotatable bonds is 6. The first-order valence-electron chi connectivity index (χ1n) is 5.65. The first kappa shape index (κ1) is 14.9. The third-order valence-electron chi connectivity index (χ3n) is 2.47. The van der Waals surface area contributed by atoms with E-state index in [1.807, 2.05) is 6.92 Å². The van der Waals surface area contributed by atoms with Crippen molar-refractivity contribution in [2.24, 2.45) is 7.05 Å². The number of nitrogens with zero attached hydrogens (tertiary/aromatic N) is 3. The molecule has 0 unspecified atom stereocenters. The van der Waals surface area contributed by atoms with Gasteiger partial charge in [-0.3, -0.25) is 9.48 Å². The van der Waals surface area contributed by atoms with Gasteiger partial charge in [-0.05, 0) is 6.42 Å². The summed E-state index contributed by atoms with van der Waals surface area (Å²) in [4.78, 5) is 13.2. The summed E-state index contributed by atoms with van der Waals surface area (Å²) in [6.45, 7) is 1.35. The Labute approximate surface area is 110 Å². The van der Waals surface area contributed by atoms with Gasteiger partial charge in [0, 0.05) is 25.7 Å². The molecule has 0 saturated heterocycles. The number of halogens is 3. The van der Waals surface area contributed by atoms with E-state index in [1.54, 1.807) is 13.2 Å². The molecule has 0 N–H and O–H groups in total. The summed E-state index contributed by atoms with van der Waals surface area (Å²) in [5, 5.41) is 4.12. The maximum atomic E-state index is 12.4. The molecule has 0 spiro atoms. The Balaban J connectivity index is 2.93. The summed E-state index contributed by atoms with van der Waals surface area (Å²) in [5.41, 5.74) is 0.974. The maximum absolute atomic E-state index is 12.4. The molecule has 1 heterocycles. The van der Waals surface area contributed by atoms with Gasteiger partial charge in [0.15, 0.2) is 0 Å². The molecule has 1 amide bonds. The van der Waals surface area contributed by atoms with Crippen LogP contribution in [0, 0.1) is 0 Å². The van der Waals surface area contributed by atoms with Crippen molar-refractivity contribution >= 4 is 17.5 Å². The van der Waals surface area contributed by atoms with E-state index in [0.717, 1.165) is 4.90 Å². The van der Waals surface area contributed by atoms with Crippen LogP contribution >= 0.6 is 11.6 Å². The SMILES string of the molecule is CCc1nn(C)cc1C(=O)N(CCCl)CC(F)F. The van der Waals surface area contributed by atoms with Crippen molar-refractivity contribution in [3.63, 3.8) is 0 Å². The van der Waals surface area contributed by atoms with Crippen LogP contribution in [0.2, 0.25) is 0 Å². The van der Waals surface area contributed by atoms with Gasteiger partial charge in [0.1, 0.15) is 0 Å². The zero-order valence-corrected chi connectivity index (χ0v) is 11.1. The highest BCUT2D eigenvalue weighted by Crippen LogP contribution is 2.12. The quantitative estimate of drug-likeness (QED) is 0.746. The van der Waals surface area contributed by atoms with Crippen LogP contribution in [0.1, 0.15) is 23.0 Å². The van der Waals surface area contributed by atoms with Gasteiger partial charge < -0.3 is 4.90 Å². The summed E-state index contributed by atoms with van der Waals surface area (Å²) in [5.74, 6) is -0.318. The number of hydrogen-bond acceptors (Lipinski definition) is 2. The van der Waals surface area contributed by atoms with Gasteiger partial charge in [0.05, 0.1) is 17.8 Å². The number of carbonyl (C=O) groups excluding carboxylic acids is 1. The van der Waals surface area contributed by atoms with Crippen molar-refractivity contribution in [2.45, 2.75) is 19.8 Å². The Kier molecular flexibility index (Phi) is 5.53. The van der Waals surface area contributed by atoms with Crippen molar-refractivity contribution in [1.82, 2.24) is 14.7 Å². The molecule has 1 rings (SSSR count). The fourth-order valence-electron chi connectivity index (χ4n) is 1.69. The molecular formula is C11H16ClF2N3O. The number of amides is 1. The summed E-state index contributed by atoms with van der Waals surface area (Å²) >= 11 is 5.53. The van der Waals surface area contributed by atoms with E-state index >= 15 is 0 Å². The highest BCUT2D eigenvalue weighted by molar-refractivity contribution is 6.18. The zero-order chi connectivity index (χ0) is 13.7. The molecule has 1 aromatic heterocycles. The third-order valence-corrected chi connectivity index (χ3v) is 2.64. The van der Waals surface area contributed by atoms with Crippen LogP contribution in [-0.4, -0.2) is 46.0 Å². The molecule has 0 aliphatic carbocycles. The lowest BCUT2D eigenvalue weighted by Crippen LogP contribution is -2.36. The lowest BCUT2D eigenvalue weighted by Gasteiger charge is -2.20. The summed E-state index contributed by atoms with van der Waals surface area (Å²) in [7, 11) is 1.69. The number of alkyl halides is 3. The molecule has 18 heavy (non-hydrogen) atoms. The summed E-state index contributed by atoms with van der Waals surface area (Å²) < 4.78 is 26.3. The van der Waals surface area contributed by atoms with Crippen LogP contribution in [0.15, 0.2) is 6.20 Å². The minimum Gasteiger partial charge on any atom is -0.332 e. The summed E-state index contributed by atoms with van der Waals surface area (Å²) in [6, 6.07) is 0. The average molecular weight is 280 g/mol. The Morgan fingerprint density at radius 2 is 2.28 bits per heavy atom. The van der Waals surface area contributed by atoms with Crippen LogP contribution in [0.3, 0.4) is 0 Å². The molecule has 0 bridgehead atoms. The molecule has 0 aromatic carbocycles. The van der Waals surface area contributed by atoms with E-state index in [9.17, 15) is 13.6 Å². The molecule has 1 aromatic rings. The molecule has 102 valence electrons. The Morgan fingerprint density at radius 1 is 1.61 bits per heavy atom. The molecule has 0 aliphatic heterocycles. The van der Waals surface area contributed by atoms with Crippen molar-refractivity contribution < 1.29 is 13.6 Å². The second-order valence-electron chi connectivity index (χ2n) is 3.85. The Hall–Kier alpha value is -1.17. The van der Waals surface area contributed by atoms with Gasteiger partial charge in [-0.15, -0.1) is 11.6 Å². The third kappa shape index (κ3) is 3.66. The van der Waals surface area contributed by atoms with Crippen LogP contribution in [0.25, 0.3) is 0 Å². The van der Waals surface area contributed by atoms with Crippen LogP contribution in [0.5, 0.6) is 0 Å². The molecular weight excluding hydrogens is 264 g/mol. The molecule has 7 heteroatoms. The maximum Gasteiger partial charge on any atom is 0.257 e. The Bertz CT molecular complexity index is 409. The van der Waals surface area contributed by atoms with Crippen molar-refractivity contribution in [3.8, 4) is 0 Å². The van der Waals surface area contributed by atoms with Crippen LogP contribution in [-0.2, 0) is 13.5 Å². The zero-order valence-electron chi connectivity index (χ0n) is 10.4. The van der Waals surface area contributed by atoms with Gasteiger partial charge in [-0.25, -0.2) is 8.78 Å². The van der Waals surface area contributed by atoms with Crippen molar-refractivity contribution in [2.75, 3.05) is 19.0 Å². The van der Waals surface area contributed by atoms with E-state index in [-0.39, 0.29) is 12.4 Å². The lowest BCUT2D eigenvalue weighted by atomic mass is 10.2. The average Bonchev–Trinajstić information content (AvgIpc) is 2.68. The largest absolute Gasteiger partial charge is 0.332 e. The van der Waals surface area contributed by atoms with Crippen LogP contribution in [0.4, 0.5) is 8.78 Å². The number of hydrogen-bond donors (Lipinski definition) is 0.